The third kappa shape index (κ3) is 2.98. The van der Waals surface area contributed by atoms with Crippen molar-refractivity contribution in [2.24, 2.45) is 0 Å². The van der Waals surface area contributed by atoms with Crippen LogP contribution in [0.5, 0.6) is 5.88 Å². The number of amides is 1. The maximum Gasteiger partial charge on any atom is 0.418 e. The van der Waals surface area contributed by atoms with E-state index >= 15 is 0 Å². The molecule has 0 spiro atoms. The minimum Gasteiger partial charge on any atom is -0.397 e. The van der Waals surface area contributed by atoms with E-state index in [1.807, 2.05) is 25.1 Å². The molecule has 0 radical (unpaired) electrons. The van der Waals surface area contributed by atoms with Crippen molar-refractivity contribution in [3.8, 4) is 5.88 Å². The Kier molecular flexibility index (Phi) is 3.43. The molecule has 1 aromatic carbocycles. The number of nitrogens with one attached hydrogen (secondary N) is 1. The quantitative estimate of drug-likeness (QED) is 0.849. The summed E-state index contributed by atoms with van der Waals surface area (Å²) in [7, 11) is 0. The molecule has 2 aromatic rings. The Bertz CT molecular complexity index is 552. The number of benzene rings is 1. The van der Waals surface area contributed by atoms with Gasteiger partial charge in [0, 0.05) is 11.8 Å². The first kappa shape index (κ1) is 11.9. The van der Waals surface area contributed by atoms with Gasteiger partial charge in [0.25, 0.3) is 0 Å². The molecule has 1 heterocycles. The number of nitrogen functional groups attached to an aromatic ring is 1. The van der Waals surface area contributed by atoms with Gasteiger partial charge in [-0.1, -0.05) is 18.2 Å². The molecule has 0 bridgehead atoms. The molecule has 1 amide bonds. The summed E-state index contributed by atoms with van der Waals surface area (Å²) in [5, 5.41) is 2.64. The zero-order valence-electron chi connectivity index (χ0n) is 9.88. The predicted octanol–water partition coefficient (Wildman–Crippen LogP) is 2.58. The fourth-order valence-corrected chi connectivity index (χ4v) is 1.40. The number of rotatable bonds is 2. The van der Waals surface area contributed by atoms with Crippen molar-refractivity contribution in [2.75, 3.05) is 11.1 Å². The van der Waals surface area contributed by atoms with Crippen LogP contribution in [-0.2, 0) is 0 Å². The van der Waals surface area contributed by atoms with E-state index in [9.17, 15) is 4.79 Å². The lowest BCUT2D eigenvalue weighted by Crippen LogP contribution is -2.17. The van der Waals surface area contributed by atoms with Gasteiger partial charge in [-0.05, 0) is 24.6 Å². The van der Waals surface area contributed by atoms with Gasteiger partial charge in [0.15, 0.2) is 0 Å². The van der Waals surface area contributed by atoms with Crippen LogP contribution >= 0.6 is 0 Å². The highest BCUT2D eigenvalue weighted by Gasteiger charge is 2.07. The van der Waals surface area contributed by atoms with Crippen molar-refractivity contribution in [3.05, 3.63) is 48.2 Å². The molecular weight excluding hydrogens is 230 g/mol. The Hall–Kier alpha value is -2.56. The molecular formula is C13H13N3O2. The fourth-order valence-electron chi connectivity index (χ4n) is 1.40. The van der Waals surface area contributed by atoms with Gasteiger partial charge in [-0.25, -0.2) is 9.78 Å². The van der Waals surface area contributed by atoms with Gasteiger partial charge in [0.05, 0.1) is 11.9 Å². The molecule has 0 aliphatic heterocycles. The molecule has 5 nitrogen and oxygen atoms in total. The topological polar surface area (TPSA) is 77.2 Å². The zero-order valence-corrected chi connectivity index (χ0v) is 9.88. The predicted molar refractivity (Wildman–Crippen MR) is 69.5 cm³/mol. The Balaban J connectivity index is 2.01. The number of ether oxygens (including phenoxy) is 1. The number of nitrogens with two attached hydrogens (primary N) is 1. The number of nitrogens with zero attached hydrogens (tertiary/aromatic N) is 1. The first-order valence-corrected chi connectivity index (χ1v) is 5.41. The second-order valence-electron chi connectivity index (χ2n) is 3.76. The van der Waals surface area contributed by atoms with E-state index in [1.54, 1.807) is 12.1 Å². The molecule has 5 heteroatoms. The average Bonchev–Trinajstić information content (AvgIpc) is 2.35. The monoisotopic (exact) mass is 243 g/mol. The molecule has 3 N–H and O–H groups in total. The summed E-state index contributed by atoms with van der Waals surface area (Å²) in [6.07, 6.45) is 0.845. The number of anilines is 2. The highest BCUT2D eigenvalue weighted by molar-refractivity contribution is 5.86. The molecule has 0 fully saturated rings. The summed E-state index contributed by atoms with van der Waals surface area (Å²) in [5.41, 5.74) is 7.66. The van der Waals surface area contributed by atoms with Crippen molar-refractivity contribution in [1.29, 1.82) is 0 Å². The van der Waals surface area contributed by atoms with Gasteiger partial charge in [0.1, 0.15) is 0 Å². The highest BCUT2D eigenvalue weighted by atomic mass is 16.6. The summed E-state index contributed by atoms with van der Waals surface area (Å²) in [5.74, 6) is 0.204. The molecule has 0 unspecified atom stereocenters. The second-order valence-corrected chi connectivity index (χ2v) is 3.76. The van der Waals surface area contributed by atoms with Crippen LogP contribution in [-0.4, -0.2) is 11.1 Å². The van der Waals surface area contributed by atoms with Gasteiger partial charge in [-0.2, -0.15) is 0 Å². The fraction of sp³-hybridized carbons (Fsp3) is 0.0769. The molecule has 92 valence electrons. The summed E-state index contributed by atoms with van der Waals surface area (Å²) < 4.78 is 5.01. The van der Waals surface area contributed by atoms with Gasteiger partial charge in [0.2, 0.25) is 5.88 Å². The zero-order chi connectivity index (χ0) is 13.0. The largest absolute Gasteiger partial charge is 0.418 e. The molecule has 18 heavy (non-hydrogen) atoms. The van der Waals surface area contributed by atoms with Crippen LogP contribution in [0.3, 0.4) is 0 Å². The molecule has 0 aliphatic rings. The van der Waals surface area contributed by atoms with Crippen LogP contribution < -0.4 is 15.8 Å². The molecule has 0 saturated heterocycles. The minimum atomic E-state index is -0.582. The molecule has 0 aliphatic carbocycles. The first-order chi connectivity index (χ1) is 8.65. The number of hydrogen-bond donors (Lipinski definition) is 2. The Morgan fingerprint density at radius 2 is 2.06 bits per heavy atom. The number of carbonyl (C=O) groups is 1. The second kappa shape index (κ2) is 5.18. The third-order valence-corrected chi connectivity index (χ3v) is 2.34. The first-order valence-electron chi connectivity index (χ1n) is 5.41. The molecule has 2 rings (SSSR count). The van der Waals surface area contributed by atoms with Gasteiger partial charge < -0.3 is 10.5 Å². The lowest BCUT2D eigenvalue weighted by atomic mass is 10.2. The van der Waals surface area contributed by atoms with E-state index in [0.717, 1.165) is 5.56 Å². The summed E-state index contributed by atoms with van der Waals surface area (Å²) in [4.78, 5) is 15.5. The number of pyridine rings is 1. The lowest BCUT2D eigenvalue weighted by Gasteiger charge is -2.08. The van der Waals surface area contributed by atoms with Crippen molar-refractivity contribution < 1.29 is 9.53 Å². The van der Waals surface area contributed by atoms with Crippen LogP contribution in [0, 0.1) is 6.92 Å². The highest BCUT2D eigenvalue weighted by Crippen LogP contribution is 2.14. The number of para-hydroxylation sites is 1. The van der Waals surface area contributed by atoms with E-state index in [4.69, 9.17) is 10.5 Å². The normalized spacial score (nSPS) is 9.83. The minimum absolute atomic E-state index is 0.204. The van der Waals surface area contributed by atoms with E-state index < -0.39 is 6.09 Å². The smallest absolute Gasteiger partial charge is 0.397 e. The van der Waals surface area contributed by atoms with Crippen LogP contribution in [0.2, 0.25) is 0 Å². The van der Waals surface area contributed by atoms with Crippen molar-refractivity contribution >= 4 is 17.5 Å². The van der Waals surface area contributed by atoms with Gasteiger partial charge in [-0.15, -0.1) is 0 Å². The third-order valence-electron chi connectivity index (χ3n) is 2.34. The van der Waals surface area contributed by atoms with Crippen molar-refractivity contribution in [1.82, 2.24) is 4.98 Å². The molecule has 1 aromatic heterocycles. The summed E-state index contributed by atoms with van der Waals surface area (Å²) >= 11 is 0. The molecule has 0 saturated carbocycles. The lowest BCUT2D eigenvalue weighted by molar-refractivity contribution is 0.213. The van der Waals surface area contributed by atoms with Crippen LogP contribution in [0.4, 0.5) is 16.2 Å². The number of hydrogen-bond acceptors (Lipinski definition) is 4. The average molecular weight is 243 g/mol. The van der Waals surface area contributed by atoms with Crippen molar-refractivity contribution in [2.45, 2.75) is 6.92 Å². The number of aromatic nitrogens is 1. The van der Waals surface area contributed by atoms with E-state index in [1.165, 1.54) is 12.3 Å². The molecule has 0 atom stereocenters. The van der Waals surface area contributed by atoms with Crippen LogP contribution in [0.25, 0.3) is 0 Å². The number of aryl methyl sites for hydroxylation is 1. The summed E-state index contributed by atoms with van der Waals surface area (Å²) in [6, 6.07) is 10.6. The van der Waals surface area contributed by atoms with Gasteiger partial charge >= 0.3 is 6.09 Å². The van der Waals surface area contributed by atoms with E-state index in [0.29, 0.717) is 11.4 Å². The Morgan fingerprint density at radius 3 is 2.72 bits per heavy atom. The maximum absolute atomic E-state index is 11.6. The van der Waals surface area contributed by atoms with Crippen LogP contribution in [0.1, 0.15) is 5.56 Å². The van der Waals surface area contributed by atoms with Gasteiger partial charge in [-0.3, -0.25) is 5.32 Å². The van der Waals surface area contributed by atoms with Crippen molar-refractivity contribution in [3.63, 3.8) is 0 Å². The van der Waals surface area contributed by atoms with E-state index in [-0.39, 0.29) is 5.88 Å². The Morgan fingerprint density at radius 1 is 1.28 bits per heavy atom. The standard InChI is InChI=1S/C13H13N3O2/c1-9-4-2-3-5-11(9)16-13(17)18-12-7-6-10(14)8-15-12/h2-8H,14H2,1H3,(H,16,17). The maximum atomic E-state index is 11.6. The Labute approximate surface area is 105 Å². The van der Waals surface area contributed by atoms with E-state index in [2.05, 4.69) is 10.3 Å². The SMILES string of the molecule is Cc1ccccc1NC(=O)Oc1ccc(N)cn1. The van der Waals surface area contributed by atoms with Crippen LogP contribution in [0.15, 0.2) is 42.6 Å². The summed E-state index contributed by atoms with van der Waals surface area (Å²) in [6.45, 7) is 1.90. The number of carbonyl (C=O) groups excluding carboxylic acids is 1.